The first-order valence-electron chi connectivity index (χ1n) is 6.29. The topological polar surface area (TPSA) is 38.5 Å². The summed E-state index contributed by atoms with van der Waals surface area (Å²) in [6.45, 7) is 3.21. The summed E-state index contributed by atoms with van der Waals surface area (Å²) in [6.07, 6.45) is 3.71. The van der Waals surface area contributed by atoms with Crippen LogP contribution in [-0.2, 0) is 11.3 Å². The second-order valence-corrected chi connectivity index (χ2v) is 4.96. The number of halogens is 1. The van der Waals surface area contributed by atoms with Crippen molar-refractivity contribution in [3.63, 3.8) is 0 Å². The number of ether oxygens (including phenoxy) is 1. The van der Waals surface area contributed by atoms with Crippen LogP contribution in [0.4, 0.5) is 0 Å². The van der Waals surface area contributed by atoms with Gasteiger partial charge >= 0.3 is 0 Å². The van der Waals surface area contributed by atoms with Crippen molar-refractivity contribution in [2.45, 2.75) is 12.6 Å². The van der Waals surface area contributed by atoms with Crippen LogP contribution in [0.15, 0.2) is 41.1 Å². The van der Waals surface area contributed by atoms with Crippen molar-refractivity contribution in [1.82, 2.24) is 9.88 Å². The zero-order chi connectivity index (χ0) is 13.1. The van der Waals surface area contributed by atoms with E-state index in [4.69, 9.17) is 20.8 Å². The van der Waals surface area contributed by atoms with Gasteiger partial charge in [-0.15, -0.1) is 0 Å². The predicted molar refractivity (Wildman–Crippen MR) is 71.9 cm³/mol. The van der Waals surface area contributed by atoms with E-state index in [-0.39, 0.29) is 6.10 Å². The quantitative estimate of drug-likeness (QED) is 0.865. The zero-order valence-electron chi connectivity index (χ0n) is 10.5. The van der Waals surface area contributed by atoms with Gasteiger partial charge in [0, 0.05) is 31.0 Å². The van der Waals surface area contributed by atoms with Gasteiger partial charge in [0.05, 0.1) is 19.3 Å². The average molecular weight is 279 g/mol. The van der Waals surface area contributed by atoms with E-state index in [0.29, 0.717) is 11.8 Å². The Kier molecular flexibility index (Phi) is 3.82. The summed E-state index contributed by atoms with van der Waals surface area (Å²) in [5.74, 6) is 0.886. The molecule has 1 fully saturated rings. The van der Waals surface area contributed by atoms with Gasteiger partial charge in [-0.25, -0.2) is 0 Å². The van der Waals surface area contributed by atoms with Crippen LogP contribution in [0.25, 0.3) is 0 Å². The molecule has 0 saturated carbocycles. The molecule has 0 unspecified atom stereocenters. The van der Waals surface area contributed by atoms with Gasteiger partial charge in [-0.1, -0.05) is 6.07 Å². The maximum atomic E-state index is 5.80. The van der Waals surface area contributed by atoms with Gasteiger partial charge in [-0.05, 0) is 29.8 Å². The third-order valence-corrected chi connectivity index (χ3v) is 3.42. The molecular formula is C14H15ClN2O2. The van der Waals surface area contributed by atoms with Crippen molar-refractivity contribution in [1.29, 1.82) is 0 Å². The Morgan fingerprint density at radius 1 is 1.37 bits per heavy atom. The van der Waals surface area contributed by atoms with Gasteiger partial charge in [-0.3, -0.25) is 9.88 Å². The van der Waals surface area contributed by atoms with E-state index in [2.05, 4.69) is 9.88 Å². The summed E-state index contributed by atoms with van der Waals surface area (Å²) in [7, 11) is 0. The molecule has 1 aliphatic rings. The standard InChI is InChI=1S/C14H15ClN2O2/c15-14-4-3-12(19-14)9-17-6-7-18-13(10-17)11-2-1-5-16-8-11/h1-5,8,13H,6-7,9-10H2/t13-/m1/s1. The van der Waals surface area contributed by atoms with E-state index < -0.39 is 0 Å². The number of rotatable bonds is 3. The van der Waals surface area contributed by atoms with Gasteiger partial charge in [0.2, 0.25) is 0 Å². The Morgan fingerprint density at radius 2 is 2.32 bits per heavy atom. The van der Waals surface area contributed by atoms with E-state index in [9.17, 15) is 0 Å². The van der Waals surface area contributed by atoms with Crippen LogP contribution in [0.5, 0.6) is 0 Å². The summed E-state index contributed by atoms with van der Waals surface area (Å²) in [5, 5.41) is 0.437. The Balaban J connectivity index is 1.65. The van der Waals surface area contributed by atoms with E-state index in [1.54, 1.807) is 12.3 Å². The van der Waals surface area contributed by atoms with Crippen LogP contribution in [-0.4, -0.2) is 29.6 Å². The molecule has 0 bridgehead atoms. The maximum absolute atomic E-state index is 5.80. The lowest BCUT2D eigenvalue weighted by atomic mass is 10.1. The fourth-order valence-electron chi connectivity index (χ4n) is 2.27. The highest BCUT2D eigenvalue weighted by Gasteiger charge is 2.22. The third kappa shape index (κ3) is 3.15. The van der Waals surface area contributed by atoms with Crippen LogP contribution >= 0.6 is 11.6 Å². The van der Waals surface area contributed by atoms with Crippen molar-refractivity contribution in [3.05, 3.63) is 53.2 Å². The van der Waals surface area contributed by atoms with Crippen LogP contribution in [0.2, 0.25) is 5.22 Å². The number of hydrogen-bond acceptors (Lipinski definition) is 4. The maximum Gasteiger partial charge on any atom is 0.193 e. The Morgan fingerprint density at radius 3 is 3.05 bits per heavy atom. The number of pyridine rings is 1. The van der Waals surface area contributed by atoms with Crippen molar-refractivity contribution >= 4 is 11.6 Å². The summed E-state index contributed by atoms with van der Waals surface area (Å²) in [5.41, 5.74) is 1.12. The normalized spacial score (nSPS) is 20.6. The van der Waals surface area contributed by atoms with E-state index >= 15 is 0 Å². The first-order chi connectivity index (χ1) is 9.31. The van der Waals surface area contributed by atoms with E-state index in [0.717, 1.165) is 31.0 Å². The van der Waals surface area contributed by atoms with Gasteiger partial charge in [0.25, 0.3) is 0 Å². The highest BCUT2D eigenvalue weighted by atomic mass is 35.5. The smallest absolute Gasteiger partial charge is 0.193 e. The van der Waals surface area contributed by atoms with E-state index in [1.807, 2.05) is 24.4 Å². The van der Waals surface area contributed by atoms with Crippen molar-refractivity contribution < 1.29 is 9.15 Å². The molecule has 5 heteroatoms. The molecule has 0 aliphatic carbocycles. The Bertz CT molecular complexity index is 529. The molecule has 0 spiro atoms. The minimum Gasteiger partial charge on any atom is -0.448 e. The first-order valence-corrected chi connectivity index (χ1v) is 6.67. The Hall–Kier alpha value is -1.36. The monoisotopic (exact) mass is 278 g/mol. The third-order valence-electron chi connectivity index (χ3n) is 3.22. The fraction of sp³-hybridized carbons (Fsp3) is 0.357. The van der Waals surface area contributed by atoms with Crippen molar-refractivity contribution in [2.75, 3.05) is 19.7 Å². The molecule has 2 aromatic rings. The lowest BCUT2D eigenvalue weighted by molar-refractivity contribution is -0.0348. The van der Waals surface area contributed by atoms with Crippen LogP contribution in [0.1, 0.15) is 17.4 Å². The second kappa shape index (κ2) is 5.74. The minimum absolute atomic E-state index is 0.0767. The van der Waals surface area contributed by atoms with Crippen LogP contribution < -0.4 is 0 Å². The summed E-state index contributed by atoms with van der Waals surface area (Å²) in [6, 6.07) is 7.67. The summed E-state index contributed by atoms with van der Waals surface area (Å²) < 4.78 is 11.2. The number of furan rings is 1. The second-order valence-electron chi connectivity index (χ2n) is 4.59. The molecule has 100 valence electrons. The molecule has 3 heterocycles. The highest BCUT2D eigenvalue weighted by Crippen LogP contribution is 2.23. The molecule has 0 radical (unpaired) electrons. The number of morpholine rings is 1. The molecule has 19 heavy (non-hydrogen) atoms. The van der Waals surface area contributed by atoms with Gasteiger partial charge in [0.1, 0.15) is 5.76 Å². The largest absolute Gasteiger partial charge is 0.448 e. The fourth-order valence-corrected chi connectivity index (χ4v) is 2.43. The Labute approximate surface area is 116 Å². The molecule has 3 rings (SSSR count). The lowest BCUT2D eigenvalue weighted by Gasteiger charge is -2.32. The molecule has 1 atom stereocenters. The predicted octanol–water partition coefficient (Wildman–Crippen LogP) is 2.90. The van der Waals surface area contributed by atoms with Gasteiger partial charge < -0.3 is 9.15 Å². The zero-order valence-corrected chi connectivity index (χ0v) is 11.2. The van der Waals surface area contributed by atoms with Crippen LogP contribution in [0, 0.1) is 0 Å². The first kappa shape index (κ1) is 12.7. The number of nitrogens with zero attached hydrogens (tertiary/aromatic N) is 2. The molecule has 2 aromatic heterocycles. The molecular weight excluding hydrogens is 264 g/mol. The molecule has 0 amide bonds. The number of hydrogen-bond donors (Lipinski definition) is 0. The minimum atomic E-state index is 0.0767. The average Bonchev–Trinajstić information content (AvgIpc) is 2.85. The van der Waals surface area contributed by atoms with Crippen molar-refractivity contribution in [2.24, 2.45) is 0 Å². The molecule has 1 aliphatic heterocycles. The van der Waals surface area contributed by atoms with E-state index in [1.165, 1.54) is 0 Å². The molecule has 1 saturated heterocycles. The molecule has 0 aromatic carbocycles. The summed E-state index contributed by atoms with van der Waals surface area (Å²) in [4.78, 5) is 6.44. The lowest BCUT2D eigenvalue weighted by Crippen LogP contribution is -2.37. The highest BCUT2D eigenvalue weighted by molar-refractivity contribution is 6.28. The summed E-state index contributed by atoms with van der Waals surface area (Å²) >= 11 is 5.78. The number of aromatic nitrogens is 1. The van der Waals surface area contributed by atoms with Gasteiger partial charge in [0.15, 0.2) is 5.22 Å². The SMILES string of the molecule is Clc1ccc(CN2CCO[C@@H](c3cccnc3)C2)o1. The molecule has 4 nitrogen and oxygen atoms in total. The van der Waals surface area contributed by atoms with Crippen LogP contribution in [0.3, 0.4) is 0 Å². The molecule has 0 N–H and O–H groups in total. The van der Waals surface area contributed by atoms with Gasteiger partial charge in [-0.2, -0.15) is 0 Å². The van der Waals surface area contributed by atoms with Crippen molar-refractivity contribution in [3.8, 4) is 0 Å².